The highest BCUT2D eigenvalue weighted by Gasteiger charge is 2.04. The molecule has 0 aliphatic heterocycles. The van der Waals surface area contributed by atoms with E-state index in [1.54, 1.807) is 0 Å². The van der Waals surface area contributed by atoms with Gasteiger partial charge in [0.25, 0.3) is 0 Å². The summed E-state index contributed by atoms with van der Waals surface area (Å²) in [5.41, 5.74) is 7.73. The molecule has 0 saturated carbocycles. The first-order valence-electron chi connectivity index (χ1n) is 4.40. The largest absolute Gasteiger partial charge is 0.366 e. The second-order valence-electron chi connectivity index (χ2n) is 3.08. The predicted molar refractivity (Wildman–Crippen MR) is 51.5 cm³/mol. The van der Waals surface area contributed by atoms with Gasteiger partial charge in [-0.15, -0.1) is 0 Å². The molecule has 0 atom stereocenters. The summed E-state index contributed by atoms with van der Waals surface area (Å²) >= 11 is 0. The number of aryl methyl sites for hydroxylation is 2. The molecule has 0 radical (unpaired) electrons. The third kappa shape index (κ3) is 2.28. The summed E-state index contributed by atoms with van der Waals surface area (Å²) in [4.78, 5) is 15.0. The van der Waals surface area contributed by atoms with E-state index in [1.165, 1.54) is 6.20 Å². The van der Waals surface area contributed by atoms with Crippen LogP contribution in [0.3, 0.4) is 0 Å². The van der Waals surface area contributed by atoms with Gasteiger partial charge in [-0.05, 0) is 25.0 Å². The lowest BCUT2D eigenvalue weighted by atomic mass is 10.1. The Morgan fingerprint density at radius 3 is 2.85 bits per heavy atom. The van der Waals surface area contributed by atoms with Crippen molar-refractivity contribution in [2.45, 2.75) is 26.7 Å². The van der Waals surface area contributed by atoms with E-state index in [1.807, 2.05) is 13.0 Å². The molecule has 0 aromatic carbocycles. The van der Waals surface area contributed by atoms with Gasteiger partial charge in [0.15, 0.2) is 0 Å². The lowest BCUT2D eigenvalue weighted by Gasteiger charge is -2.04. The summed E-state index contributed by atoms with van der Waals surface area (Å²) < 4.78 is 0. The lowest BCUT2D eigenvalue weighted by Crippen LogP contribution is -2.12. The Hall–Kier alpha value is -1.38. The van der Waals surface area contributed by atoms with E-state index >= 15 is 0 Å². The molecule has 1 aromatic heterocycles. The Kier molecular flexibility index (Phi) is 3.01. The molecule has 1 amide bonds. The summed E-state index contributed by atoms with van der Waals surface area (Å²) in [6.45, 7) is 4.03. The van der Waals surface area contributed by atoms with E-state index in [4.69, 9.17) is 5.73 Å². The third-order valence-electron chi connectivity index (χ3n) is 2.00. The monoisotopic (exact) mass is 178 g/mol. The molecule has 3 heteroatoms. The van der Waals surface area contributed by atoms with Crippen LogP contribution in [0.15, 0.2) is 12.3 Å². The molecule has 0 aliphatic rings. The maximum absolute atomic E-state index is 10.9. The molecule has 3 nitrogen and oxygen atoms in total. The van der Waals surface area contributed by atoms with Crippen LogP contribution in [0, 0.1) is 6.92 Å². The number of rotatable bonds is 3. The molecular formula is C10H14N2O. The molecule has 0 saturated heterocycles. The molecule has 0 aliphatic carbocycles. The van der Waals surface area contributed by atoms with Gasteiger partial charge >= 0.3 is 0 Å². The SMILES string of the molecule is CCCc1cc(C(N)=O)cnc1C. The maximum Gasteiger partial charge on any atom is 0.250 e. The number of pyridine rings is 1. The highest BCUT2D eigenvalue weighted by atomic mass is 16.1. The van der Waals surface area contributed by atoms with Crippen LogP contribution in [0.5, 0.6) is 0 Å². The van der Waals surface area contributed by atoms with E-state index in [0.717, 1.165) is 24.1 Å². The molecule has 0 bridgehead atoms. The Bertz CT molecular complexity index is 321. The number of hydrogen-bond donors (Lipinski definition) is 1. The zero-order chi connectivity index (χ0) is 9.84. The van der Waals surface area contributed by atoms with Crippen LogP contribution in [0.2, 0.25) is 0 Å². The topological polar surface area (TPSA) is 56.0 Å². The third-order valence-corrected chi connectivity index (χ3v) is 2.00. The number of amides is 1. The van der Waals surface area contributed by atoms with Crippen LogP contribution in [0.25, 0.3) is 0 Å². The Morgan fingerprint density at radius 1 is 1.62 bits per heavy atom. The number of carbonyl (C=O) groups excluding carboxylic acids is 1. The lowest BCUT2D eigenvalue weighted by molar-refractivity contribution is 0.1000. The standard InChI is InChI=1S/C10H14N2O/c1-3-4-8-5-9(10(11)13)6-12-7(8)2/h5-6H,3-4H2,1-2H3,(H2,11,13). The van der Waals surface area contributed by atoms with Gasteiger partial charge in [-0.1, -0.05) is 13.3 Å². The van der Waals surface area contributed by atoms with Crippen molar-refractivity contribution in [2.24, 2.45) is 5.73 Å². The molecule has 13 heavy (non-hydrogen) atoms. The van der Waals surface area contributed by atoms with Crippen LogP contribution in [0.4, 0.5) is 0 Å². The minimum absolute atomic E-state index is 0.412. The van der Waals surface area contributed by atoms with Crippen molar-refractivity contribution in [1.29, 1.82) is 0 Å². The molecule has 0 unspecified atom stereocenters. The minimum Gasteiger partial charge on any atom is -0.366 e. The van der Waals surface area contributed by atoms with Crippen LogP contribution in [0.1, 0.15) is 35.0 Å². The predicted octanol–water partition coefficient (Wildman–Crippen LogP) is 1.44. The Balaban J connectivity index is 3.03. The minimum atomic E-state index is -0.412. The number of nitrogens with zero attached hydrogens (tertiary/aromatic N) is 1. The number of carbonyl (C=O) groups is 1. The molecule has 0 spiro atoms. The zero-order valence-electron chi connectivity index (χ0n) is 8.00. The summed E-state index contributed by atoms with van der Waals surface area (Å²) in [6.07, 6.45) is 3.52. The van der Waals surface area contributed by atoms with Gasteiger partial charge in [0, 0.05) is 11.9 Å². The summed E-state index contributed by atoms with van der Waals surface area (Å²) in [5.74, 6) is -0.412. The smallest absolute Gasteiger partial charge is 0.250 e. The first kappa shape index (κ1) is 9.71. The van der Waals surface area contributed by atoms with Crippen molar-refractivity contribution >= 4 is 5.91 Å². The van der Waals surface area contributed by atoms with Crippen LogP contribution < -0.4 is 5.73 Å². The second kappa shape index (κ2) is 4.03. The highest BCUT2D eigenvalue weighted by molar-refractivity contribution is 5.92. The fourth-order valence-electron chi connectivity index (χ4n) is 1.24. The van der Waals surface area contributed by atoms with Crippen molar-refractivity contribution < 1.29 is 4.79 Å². The Morgan fingerprint density at radius 2 is 2.31 bits per heavy atom. The molecule has 1 rings (SSSR count). The highest BCUT2D eigenvalue weighted by Crippen LogP contribution is 2.09. The maximum atomic E-state index is 10.9. The van der Waals surface area contributed by atoms with Gasteiger partial charge in [0.05, 0.1) is 5.56 Å². The zero-order valence-corrected chi connectivity index (χ0v) is 8.00. The number of primary amides is 1. The first-order valence-corrected chi connectivity index (χ1v) is 4.40. The molecular weight excluding hydrogens is 164 g/mol. The average molecular weight is 178 g/mol. The van der Waals surface area contributed by atoms with Gasteiger partial charge in [0.1, 0.15) is 0 Å². The van der Waals surface area contributed by atoms with E-state index < -0.39 is 5.91 Å². The van der Waals surface area contributed by atoms with Crippen LogP contribution >= 0.6 is 0 Å². The molecule has 1 aromatic rings. The average Bonchev–Trinajstić information content (AvgIpc) is 2.08. The van der Waals surface area contributed by atoms with Gasteiger partial charge < -0.3 is 5.73 Å². The van der Waals surface area contributed by atoms with Gasteiger partial charge in [-0.3, -0.25) is 9.78 Å². The molecule has 70 valence electrons. The normalized spacial score (nSPS) is 10.0. The second-order valence-corrected chi connectivity index (χ2v) is 3.08. The van der Waals surface area contributed by atoms with Gasteiger partial charge in [0.2, 0.25) is 5.91 Å². The van der Waals surface area contributed by atoms with E-state index in [9.17, 15) is 4.79 Å². The van der Waals surface area contributed by atoms with Crippen molar-refractivity contribution in [1.82, 2.24) is 4.98 Å². The van der Waals surface area contributed by atoms with Gasteiger partial charge in [-0.25, -0.2) is 0 Å². The van der Waals surface area contributed by atoms with Crippen LogP contribution in [-0.2, 0) is 6.42 Å². The van der Waals surface area contributed by atoms with E-state index in [0.29, 0.717) is 5.56 Å². The summed E-state index contributed by atoms with van der Waals surface area (Å²) in [7, 11) is 0. The summed E-state index contributed by atoms with van der Waals surface area (Å²) in [6, 6.07) is 1.83. The van der Waals surface area contributed by atoms with Gasteiger partial charge in [-0.2, -0.15) is 0 Å². The first-order chi connectivity index (χ1) is 6.15. The van der Waals surface area contributed by atoms with Crippen molar-refractivity contribution in [3.63, 3.8) is 0 Å². The fourth-order valence-corrected chi connectivity index (χ4v) is 1.24. The van der Waals surface area contributed by atoms with E-state index in [2.05, 4.69) is 11.9 Å². The molecule has 0 fully saturated rings. The molecule has 1 heterocycles. The summed E-state index contributed by atoms with van der Waals surface area (Å²) in [5, 5.41) is 0. The van der Waals surface area contributed by atoms with E-state index in [-0.39, 0.29) is 0 Å². The molecule has 2 N–H and O–H groups in total. The fraction of sp³-hybridized carbons (Fsp3) is 0.400. The number of aromatic nitrogens is 1. The van der Waals surface area contributed by atoms with Crippen molar-refractivity contribution in [3.8, 4) is 0 Å². The van der Waals surface area contributed by atoms with Crippen LogP contribution in [-0.4, -0.2) is 10.9 Å². The van der Waals surface area contributed by atoms with Crippen molar-refractivity contribution in [3.05, 3.63) is 29.1 Å². The quantitative estimate of drug-likeness (QED) is 0.761. The number of hydrogen-bond acceptors (Lipinski definition) is 2. The Labute approximate surface area is 78.0 Å². The number of nitrogens with two attached hydrogens (primary N) is 1. The van der Waals surface area contributed by atoms with Crippen molar-refractivity contribution in [2.75, 3.05) is 0 Å².